The molecule has 0 spiro atoms. The summed E-state index contributed by atoms with van der Waals surface area (Å²) >= 11 is 0. The number of likely N-dealkylation sites (N-methyl/N-ethyl adjacent to an activating group) is 1. The van der Waals surface area contributed by atoms with Crippen LogP contribution in [0, 0.1) is 0 Å². The summed E-state index contributed by atoms with van der Waals surface area (Å²) in [6, 6.07) is 3.94. The SMILES string of the molecule is CN(CCO)c1cc(-c2cnc3c(c2)CCCO3)c2nc[nH]c2c1C(N)=O. The van der Waals surface area contributed by atoms with Gasteiger partial charge in [0.25, 0.3) is 5.91 Å². The molecule has 0 radical (unpaired) electrons. The molecule has 1 amide bonds. The van der Waals surface area contributed by atoms with E-state index in [0.29, 0.717) is 41.3 Å². The molecule has 3 heterocycles. The Hall–Kier alpha value is -3.13. The second-order valence-corrected chi connectivity index (χ2v) is 6.59. The minimum atomic E-state index is -0.549. The number of aliphatic hydroxyl groups excluding tert-OH is 1. The van der Waals surface area contributed by atoms with E-state index in [4.69, 9.17) is 10.5 Å². The third-order valence-corrected chi connectivity index (χ3v) is 4.84. The van der Waals surface area contributed by atoms with Gasteiger partial charge < -0.3 is 25.5 Å². The summed E-state index contributed by atoms with van der Waals surface area (Å²) in [6.45, 7) is 1.02. The van der Waals surface area contributed by atoms with Gasteiger partial charge in [-0.3, -0.25) is 4.79 Å². The molecular formula is C19H21N5O3. The molecule has 0 atom stereocenters. The van der Waals surface area contributed by atoms with Crippen LogP contribution in [0.5, 0.6) is 5.88 Å². The average Bonchev–Trinajstić information content (AvgIpc) is 3.15. The Balaban J connectivity index is 1.94. The molecule has 0 saturated carbocycles. The standard InChI is InChI=1S/C19H21N5O3/c1-24(4-5-25)14-8-13(16-17(23-10-22-16)15(14)18(20)26)12-7-11-3-2-6-27-19(11)21-9-12/h7-10,25H,2-6H2,1H3,(H2,20,26)(H,22,23). The fourth-order valence-electron chi connectivity index (χ4n) is 3.52. The van der Waals surface area contributed by atoms with Gasteiger partial charge in [-0.2, -0.15) is 0 Å². The van der Waals surface area contributed by atoms with E-state index in [1.165, 1.54) is 0 Å². The van der Waals surface area contributed by atoms with Gasteiger partial charge in [0.2, 0.25) is 5.88 Å². The monoisotopic (exact) mass is 367 g/mol. The van der Waals surface area contributed by atoms with Gasteiger partial charge in [-0.1, -0.05) is 0 Å². The second-order valence-electron chi connectivity index (χ2n) is 6.59. The quantitative estimate of drug-likeness (QED) is 0.629. The number of fused-ring (bicyclic) bond motifs is 2. The molecule has 8 heteroatoms. The third kappa shape index (κ3) is 2.97. The van der Waals surface area contributed by atoms with Crippen molar-refractivity contribution in [3.63, 3.8) is 0 Å². The lowest BCUT2D eigenvalue weighted by Crippen LogP contribution is -2.25. The van der Waals surface area contributed by atoms with Crippen LogP contribution in [0.15, 0.2) is 24.7 Å². The lowest BCUT2D eigenvalue weighted by molar-refractivity contribution is 0.100. The molecule has 0 saturated heterocycles. The summed E-state index contributed by atoms with van der Waals surface area (Å²) in [6.07, 6.45) is 5.18. The number of aliphatic hydroxyl groups is 1. The summed E-state index contributed by atoms with van der Waals surface area (Å²) < 4.78 is 5.60. The van der Waals surface area contributed by atoms with Gasteiger partial charge in [0.05, 0.1) is 41.8 Å². The van der Waals surface area contributed by atoms with E-state index >= 15 is 0 Å². The molecule has 4 rings (SSSR count). The maximum Gasteiger partial charge on any atom is 0.253 e. The van der Waals surface area contributed by atoms with E-state index in [-0.39, 0.29) is 6.61 Å². The zero-order valence-electron chi connectivity index (χ0n) is 15.0. The van der Waals surface area contributed by atoms with Gasteiger partial charge in [-0.05, 0) is 25.0 Å². The van der Waals surface area contributed by atoms with Gasteiger partial charge in [-0.15, -0.1) is 0 Å². The van der Waals surface area contributed by atoms with E-state index in [1.807, 2.05) is 13.1 Å². The molecule has 0 aliphatic carbocycles. The third-order valence-electron chi connectivity index (χ3n) is 4.84. The van der Waals surface area contributed by atoms with Crippen molar-refractivity contribution in [2.75, 3.05) is 31.7 Å². The van der Waals surface area contributed by atoms with Crippen LogP contribution < -0.4 is 15.4 Å². The van der Waals surface area contributed by atoms with Gasteiger partial charge in [0.1, 0.15) is 0 Å². The number of imidazole rings is 1. The first kappa shape index (κ1) is 17.3. The number of carbonyl (C=O) groups excluding carboxylic acids is 1. The molecule has 1 aliphatic rings. The lowest BCUT2D eigenvalue weighted by atomic mass is 9.97. The molecule has 0 fully saturated rings. The molecule has 1 aliphatic heterocycles. The number of nitrogens with two attached hydrogens (primary N) is 1. The topological polar surface area (TPSA) is 117 Å². The number of H-pyrrole nitrogens is 1. The highest BCUT2D eigenvalue weighted by atomic mass is 16.5. The van der Waals surface area contributed by atoms with Crippen LogP contribution in [0.3, 0.4) is 0 Å². The fraction of sp³-hybridized carbons (Fsp3) is 0.316. The maximum absolute atomic E-state index is 12.1. The number of carbonyl (C=O) groups is 1. The van der Waals surface area contributed by atoms with Crippen molar-refractivity contribution >= 4 is 22.6 Å². The van der Waals surface area contributed by atoms with Crippen LogP contribution in [-0.2, 0) is 6.42 Å². The Morgan fingerprint density at radius 3 is 3.04 bits per heavy atom. The second kappa shape index (κ2) is 6.88. The predicted octanol–water partition coefficient (Wildman–Crippen LogP) is 1.48. The number of benzene rings is 1. The number of hydrogen-bond acceptors (Lipinski definition) is 6. The van der Waals surface area contributed by atoms with E-state index in [9.17, 15) is 9.90 Å². The van der Waals surface area contributed by atoms with Crippen LogP contribution in [0.1, 0.15) is 22.3 Å². The highest BCUT2D eigenvalue weighted by molar-refractivity contribution is 6.12. The van der Waals surface area contributed by atoms with Gasteiger partial charge in [0, 0.05) is 36.5 Å². The molecular weight excluding hydrogens is 346 g/mol. The number of rotatable bonds is 5. The molecule has 2 aromatic heterocycles. The minimum Gasteiger partial charge on any atom is -0.477 e. The molecule has 0 unspecified atom stereocenters. The minimum absolute atomic E-state index is 0.0389. The number of amides is 1. The zero-order chi connectivity index (χ0) is 19.0. The Kier molecular flexibility index (Phi) is 4.41. The Morgan fingerprint density at radius 1 is 1.41 bits per heavy atom. The van der Waals surface area contributed by atoms with E-state index in [2.05, 4.69) is 21.0 Å². The number of aromatic nitrogens is 3. The summed E-state index contributed by atoms with van der Waals surface area (Å²) in [5, 5.41) is 9.32. The molecule has 27 heavy (non-hydrogen) atoms. The molecule has 0 bridgehead atoms. The number of anilines is 1. The van der Waals surface area contributed by atoms with Gasteiger partial charge in [0.15, 0.2) is 0 Å². The van der Waals surface area contributed by atoms with Crippen LogP contribution >= 0.6 is 0 Å². The first-order chi connectivity index (χ1) is 13.1. The van der Waals surface area contributed by atoms with E-state index in [1.54, 1.807) is 17.4 Å². The van der Waals surface area contributed by atoms with Crippen molar-refractivity contribution in [2.24, 2.45) is 5.73 Å². The molecule has 140 valence electrons. The molecule has 3 aromatic rings. The summed E-state index contributed by atoms with van der Waals surface area (Å²) in [4.78, 5) is 25.8. The predicted molar refractivity (Wildman–Crippen MR) is 102 cm³/mol. The van der Waals surface area contributed by atoms with Crippen LogP contribution in [-0.4, -0.2) is 52.8 Å². The number of pyridine rings is 1. The molecule has 1 aromatic carbocycles. The summed E-state index contributed by atoms with van der Waals surface area (Å²) in [5.41, 5.74) is 10.7. The Labute approximate surface area is 156 Å². The highest BCUT2D eigenvalue weighted by Gasteiger charge is 2.22. The van der Waals surface area contributed by atoms with Crippen molar-refractivity contribution in [1.82, 2.24) is 15.0 Å². The summed E-state index contributed by atoms with van der Waals surface area (Å²) in [5.74, 6) is 0.127. The largest absolute Gasteiger partial charge is 0.477 e. The number of primary amides is 1. The summed E-state index contributed by atoms with van der Waals surface area (Å²) in [7, 11) is 1.81. The Morgan fingerprint density at radius 2 is 2.26 bits per heavy atom. The number of hydrogen-bond donors (Lipinski definition) is 3. The van der Waals surface area contributed by atoms with Crippen molar-refractivity contribution in [2.45, 2.75) is 12.8 Å². The van der Waals surface area contributed by atoms with Crippen molar-refractivity contribution in [1.29, 1.82) is 0 Å². The molecule has 4 N–H and O–H groups in total. The fourth-order valence-corrected chi connectivity index (χ4v) is 3.52. The van der Waals surface area contributed by atoms with Crippen molar-refractivity contribution in [3.8, 4) is 17.0 Å². The van der Waals surface area contributed by atoms with E-state index < -0.39 is 5.91 Å². The number of nitrogens with zero attached hydrogens (tertiary/aromatic N) is 3. The number of aromatic amines is 1. The van der Waals surface area contributed by atoms with Crippen molar-refractivity contribution in [3.05, 3.63) is 35.8 Å². The first-order valence-electron chi connectivity index (χ1n) is 8.84. The number of nitrogens with one attached hydrogen (secondary N) is 1. The van der Waals surface area contributed by atoms with E-state index in [0.717, 1.165) is 29.5 Å². The Bertz CT molecular complexity index is 1010. The maximum atomic E-state index is 12.1. The highest BCUT2D eigenvalue weighted by Crippen LogP contribution is 2.36. The van der Waals surface area contributed by atoms with Gasteiger partial charge in [-0.25, -0.2) is 9.97 Å². The van der Waals surface area contributed by atoms with Crippen molar-refractivity contribution < 1.29 is 14.6 Å². The number of aryl methyl sites for hydroxylation is 1. The normalized spacial score (nSPS) is 13.3. The first-order valence-corrected chi connectivity index (χ1v) is 8.84. The van der Waals surface area contributed by atoms with Crippen LogP contribution in [0.25, 0.3) is 22.2 Å². The molecule has 8 nitrogen and oxygen atoms in total. The van der Waals surface area contributed by atoms with Crippen LogP contribution in [0.4, 0.5) is 5.69 Å². The van der Waals surface area contributed by atoms with Gasteiger partial charge >= 0.3 is 0 Å². The smallest absolute Gasteiger partial charge is 0.253 e. The zero-order valence-corrected chi connectivity index (χ0v) is 15.0. The van der Waals surface area contributed by atoms with Crippen LogP contribution in [0.2, 0.25) is 0 Å². The lowest BCUT2D eigenvalue weighted by Gasteiger charge is -2.22. The average molecular weight is 367 g/mol. The number of ether oxygens (including phenoxy) is 1.